The van der Waals surface area contributed by atoms with E-state index in [0.717, 1.165) is 65.7 Å². The summed E-state index contributed by atoms with van der Waals surface area (Å²) in [5.74, 6) is -3.98. The summed E-state index contributed by atoms with van der Waals surface area (Å²) in [6.45, 7) is 12.7. The van der Waals surface area contributed by atoms with Gasteiger partial charge in [-0.1, -0.05) is 46.6 Å². The normalized spacial score (nSPS) is 12.0. The highest BCUT2D eigenvalue weighted by atomic mass is 32.2. The van der Waals surface area contributed by atoms with Gasteiger partial charge in [-0.05, 0) is 126 Å². The van der Waals surface area contributed by atoms with E-state index in [4.69, 9.17) is 4.98 Å². The first-order chi connectivity index (χ1) is 39.3. The summed E-state index contributed by atoms with van der Waals surface area (Å²) in [4.78, 5) is 78.2. The molecule has 7 rings (SSSR count). The van der Waals surface area contributed by atoms with Crippen LogP contribution in [0.2, 0.25) is 0 Å². The Morgan fingerprint density at radius 2 is 1.16 bits per heavy atom. The minimum absolute atomic E-state index is 0.00989. The first-order valence-corrected chi connectivity index (χ1v) is 29.0. The number of thiazole rings is 2. The highest BCUT2D eigenvalue weighted by Crippen LogP contribution is 2.38. The predicted octanol–water partition coefficient (Wildman–Crippen LogP) is 11.6. The van der Waals surface area contributed by atoms with Gasteiger partial charge in [0.1, 0.15) is 23.0 Å². The number of aliphatic hydroxyl groups excluding tert-OH is 1. The van der Waals surface area contributed by atoms with E-state index in [9.17, 15) is 46.0 Å². The number of hydrogen-bond donors (Lipinski definition) is 6. The molecular formula is C53H53F2N15O8S4. The van der Waals surface area contributed by atoms with Gasteiger partial charge in [0.05, 0.1) is 38.9 Å². The monoisotopic (exact) mass is 1190 g/mol. The Morgan fingerprint density at radius 3 is 1.62 bits per heavy atom. The first-order valence-electron chi connectivity index (χ1n) is 25.0. The van der Waals surface area contributed by atoms with Crippen LogP contribution in [0.1, 0.15) is 51.3 Å². The number of azo groups is 2. The quantitative estimate of drug-likeness (QED) is 0.00733. The Labute approximate surface area is 481 Å². The molecule has 6 N–H and O–H groups in total. The fourth-order valence-corrected chi connectivity index (χ4v) is 10.6. The van der Waals surface area contributed by atoms with Crippen LogP contribution in [0.4, 0.5) is 76.4 Å². The molecule has 3 aromatic heterocycles. The molecule has 0 aliphatic heterocycles. The number of hydrogen-bond acceptors (Lipinski definition) is 23. The number of Topliss-reactive ketones (excluding diaryl/α,β-unsaturated/α-hetero) is 2. The van der Waals surface area contributed by atoms with Crippen molar-refractivity contribution in [3.8, 4) is 0 Å². The summed E-state index contributed by atoms with van der Waals surface area (Å²) in [7, 11) is -5.06. The van der Waals surface area contributed by atoms with Crippen molar-refractivity contribution in [1.29, 1.82) is 0 Å². The molecule has 0 fully saturated rings. The largest absolute Gasteiger partial charge is 0.396 e. The Bertz CT molecular complexity index is 3750. The second kappa shape index (κ2) is 28.2. The lowest BCUT2D eigenvalue weighted by Gasteiger charge is -2.22. The molecule has 82 heavy (non-hydrogen) atoms. The van der Waals surface area contributed by atoms with Crippen LogP contribution in [0.15, 0.2) is 133 Å². The molecule has 23 nitrogen and oxygen atoms in total. The average molecular weight is 1190 g/mol. The molecule has 29 heteroatoms. The van der Waals surface area contributed by atoms with Crippen LogP contribution in [0.3, 0.4) is 0 Å². The van der Waals surface area contributed by atoms with E-state index >= 15 is 0 Å². The average Bonchev–Trinajstić information content (AvgIpc) is 4.27. The van der Waals surface area contributed by atoms with Crippen molar-refractivity contribution in [3.05, 3.63) is 124 Å². The van der Waals surface area contributed by atoms with Crippen molar-refractivity contribution in [2.75, 3.05) is 69.6 Å². The number of thioether (sulfide) groups is 1. The molecule has 7 aromatic rings. The number of benzene rings is 4. The third kappa shape index (κ3) is 16.5. The molecule has 0 bridgehead atoms. The second-order valence-electron chi connectivity index (χ2n) is 17.1. The second-order valence-corrected chi connectivity index (χ2v) is 21.5. The lowest BCUT2D eigenvalue weighted by atomic mass is 10.1. The number of nitrogens with zero attached hydrogens (tertiary/aromatic N) is 11. The van der Waals surface area contributed by atoms with Crippen molar-refractivity contribution in [1.82, 2.24) is 24.9 Å². The third-order valence-corrected chi connectivity index (χ3v) is 14.9. The number of carbonyl (C=O) groups is 4. The van der Waals surface area contributed by atoms with E-state index in [1.807, 2.05) is 39.8 Å². The van der Waals surface area contributed by atoms with Gasteiger partial charge in [0.2, 0.25) is 27.2 Å². The number of ketones is 2. The summed E-state index contributed by atoms with van der Waals surface area (Å²) in [6, 6.07) is 20.8. The molecular weight excluding hydrogens is 1140 g/mol. The minimum atomic E-state index is -5.06. The predicted molar refractivity (Wildman–Crippen MR) is 314 cm³/mol. The van der Waals surface area contributed by atoms with Crippen LogP contribution in [-0.2, 0) is 29.3 Å². The van der Waals surface area contributed by atoms with Gasteiger partial charge in [-0.2, -0.15) is 23.4 Å². The van der Waals surface area contributed by atoms with Crippen LogP contribution < -0.4 is 31.1 Å². The standard InChI is InChI=1S/C53H53F2N15O8S4/c1-7-69(8-2)36-17-19-41(65-67-51-56-29-38(80-51)27-39(30(5)72)46(74)57-34-15-11-13-32(54)23-34)43(25-36)59-49-62-50(64-52(63-49)79-22-21-71)60-44-26-37(70(9-3)10-4)18-20-42(44)66-68-53-61-48(82(76,77)78)45(81-53)28-40(31(6)73)47(75)58-35-16-12-14-33(55)24-35/h11-20,23-29,71H,7-10,21-22H2,1-6H3,(H,57,74)(H,58,75)(H,76,77,78)(H2,59,60,62,63,64)/b39-27+,40-28-,67-65?,68-66?. The maximum atomic E-state index is 13.9. The molecule has 0 unspecified atom stereocenters. The topological polar surface area (TPSA) is 311 Å². The summed E-state index contributed by atoms with van der Waals surface area (Å²) in [5.41, 5.74) is 2.28. The van der Waals surface area contributed by atoms with Gasteiger partial charge in [-0.15, -0.1) is 20.5 Å². The molecule has 0 saturated carbocycles. The van der Waals surface area contributed by atoms with Gasteiger partial charge in [-0.25, -0.2) is 18.7 Å². The Balaban J connectivity index is 1.23. The highest BCUT2D eigenvalue weighted by molar-refractivity contribution is 7.99. The molecule has 3 heterocycles. The van der Waals surface area contributed by atoms with Crippen molar-refractivity contribution < 1.29 is 46.0 Å². The minimum Gasteiger partial charge on any atom is -0.396 e. The number of anilines is 8. The van der Waals surface area contributed by atoms with E-state index in [0.29, 0.717) is 59.5 Å². The van der Waals surface area contributed by atoms with Crippen molar-refractivity contribution in [3.63, 3.8) is 0 Å². The SMILES string of the molecule is CCN(CC)c1ccc(N=Nc2ncc(/C=C(\C(C)=O)C(=O)Nc3cccc(F)c3)s2)c(Nc2nc(Nc3cc(N(CC)CC)ccc3N=Nc3nc(S(=O)(=O)O)c(/C=C(/C(C)=O)C(=O)Nc4cccc(F)c4)s3)nc(SCCO)n2)c1. The van der Waals surface area contributed by atoms with Gasteiger partial charge in [-0.3, -0.25) is 23.7 Å². The van der Waals surface area contributed by atoms with Crippen LogP contribution in [0.25, 0.3) is 12.2 Å². The number of aromatic nitrogens is 5. The molecule has 426 valence electrons. The van der Waals surface area contributed by atoms with E-state index in [2.05, 4.69) is 71.5 Å². The van der Waals surface area contributed by atoms with Gasteiger partial charge in [0, 0.05) is 60.9 Å². The Morgan fingerprint density at radius 1 is 0.659 bits per heavy atom. The maximum Gasteiger partial charge on any atom is 0.313 e. The molecule has 0 spiro atoms. The van der Waals surface area contributed by atoms with E-state index in [1.165, 1.54) is 49.5 Å². The third-order valence-electron chi connectivity index (χ3n) is 11.5. The number of aliphatic hydroxyl groups is 1. The first kappa shape index (κ1) is 61.0. The zero-order valence-corrected chi connectivity index (χ0v) is 48.0. The highest BCUT2D eigenvalue weighted by Gasteiger charge is 2.25. The molecule has 0 radical (unpaired) electrons. The Kier molecular flexibility index (Phi) is 21.0. The van der Waals surface area contributed by atoms with Crippen LogP contribution in [0.5, 0.6) is 0 Å². The van der Waals surface area contributed by atoms with Gasteiger partial charge in [0.15, 0.2) is 16.7 Å². The number of rotatable bonds is 26. The van der Waals surface area contributed by atoms with E-state index in [-0.39, 0.29) is 67.2 Å². The number of halogens is 2. The van der Waals surface area contributed by atoms with Gasteiger partial charge in [0.25, 0.3) is 11.8 Å². The van der Waals surface area contributed by atoms with Crippen molar-refractivity contribution in [2.45, 2.75) is 51.7 Å². The summed E-state index contributed by atoms with van der Waals surface area (Å²) in [6.07, 6.45) is 3.72. The van der Waals surface area contributed by atoms with Crippen molar-refractivity contribution in [2.24, 2.45) is 20.5 Å². The summed E-state index contributed by atoms with van der Waals surface area (Å²) < 4.78 is 63.1. The number of amides is 2. The summed E-state index contributed by atoms with van der Waals surface area (Å²) >= 11 is 2.79. The van der Waals surface area contributed by atoms with Crippen LogP contribution in [-0.4, -0.2) is 105 Å². The lowest BCUT2D eigenvalue weighted by Crippen LogP contribution is -2.21. The van der Waals surface area contributed by atoms with Crippen LogP contribution >= 0.6 is 34.4 Å². The summed E-state index contributed by atoms with van der Waals surface area (Å²) in [5, 5.41) is 37.9. The fraction of sp³-hybridized carbons (Fsp3) is 0.226. The van der Waals surface area contributed by atoms with Gasteiger partial charge < -0.3 is 36.2 Å². The smallest absolute Gasteiger partial charge is 0.313 e. The number of carbonyl (C=O) groups excluding carboxylic acids is 4. The molecule has 0 aliphatic rings. The molecule has 2 amide bonds. The zero-order valence-electron chi connectivity index (χ0n) is 44.7. The van der Waals surface area contributed by atoms with Crippen molar-refractivity contribution >= 4 is 148 Å². The van der Waals surface area contributed by atoms with E-state index < -0.39 is 55.7 Å². The molecule has 0 aliphatic carbocycles. The molecule has 4 aromatic carbocycles. The number of nitrogens with one attached hydrogen (secondary N) is 4. The molecule has 0 atom stereocenters. The lowest BCUT2D eigenvalue weighted by molar-refractivity contribution is -0.120. The fourth-order valence-electron chi connectivity index (χ4n) is 7.57. The van der Waals surface area contributed by atoms with E-state index in [1.54, 1.807) is 24.3 Å². The Hall–Kier alpha value is -8.61. The van der Waals surface area contributed by atoms with Crippen LogP contribution in [0, 0.1) is 11.6 Å². The maximum absolute atomic E-state index is 13.9. The zero-order chi connectivity index (χ0) is 59.1. The molecule has 0 saturated heterocycles. The van der Waals surface area contributed by atoms with Gasteiger partial charge >= 0.3 is 10.1 Å².